The lowest BCUT2D eigenvalue weighted by Gasteiger charge is -2.27. The second-order valence-corrected chi connectivity index (χ2v) is 7.65. The molecular formula is C16H20N4O2S. The van der Waals surface area contributed by atoms with Gasteiger partial charge in [0.1, 0.15) is 0 Å². The van der Waals surface area contributed by atoms with Crippen LogP contribution in [0.5, 0.6) is 0 Å². The third-order valence-electron chi connectivity index (χ3n) is 4.18. The average Bonchev–Trinajstić information content (AvgIpc) is 2.74. The number of hydrogen-bond acceptors (Lipinski definition) is 5. The molecule has 0 spiro atoms. The molecule has 3 rings (SSSR count). The molecule has 0 N–H and O–H groups in total. The second-order valence-electron chi connectivity index (χ2n) is 5.74. The van der Waals surface area contributed by atoms with Gasteiger partial charge in [-0.15, -0.1) is 0 Å². The van der Waals surface area contributed by atoms with Crippen LogP contribution >= 0.6 is 0 Å². The number of fused-ring (bicyclic) bond motifs is 1. The van der Waals surface area contributed by atoms with Crippen LogP contribution in [-0.4, -0.2) is 42.6 Å². The summed E-state index contributed by atoms with van der Waals surface area (Å²) in [5, 5.41) is 0. The molecule has 0 radical (unpaired) electrons. The minimum atomic E-state index is -3.30. The number of aromatic nitrogens is 2. The summed E-state index contributed by atoms with van der Waals surface area (Å²) in [6, 6.07) is 7.73. The molecule has 1 aromatic carbocycles. The molecule has 23 heavy (non-hydrogen) atoms. The number of rotatable bonds is 3. The van der Waals surface area contributed by atoms with Crippen LogP contribution in [-0.2, 0) is 16.6 Å². The molecule has 7 heteroatoms. The van der Waals surface area contributed by atoms with Crippen molar-refractivity contribution in [2.75, 3.05) is 23.7 Å². The van der Waals surface area contributed by atoms with Gasteiger partial charge < -0.3 is 0 Å². The lowest BCUT2D eigenvalue weighted by molar-refractivity contribution is 0.208. The van der Waals surface area contributed by atoms with E-state index in [1.165, 1.54) is 10.6 Å². The Morgan fingerprint density at radius 3 is 2.65 bits per heavy atom. The third-order valence-corrected chi connectivity index (χ3v) is 5.36. The first-order valence-electron chi connectivity index (χ1n) is 7.52. The number of para-hydroxylation sites is 1. The molecule has 1 aromatic heterocycles. The zero-order valence-corrected chi connectivity index (χ0v) is 14.1. The van der Waals surface area contributed by atoms with E-state index in [0.717, 1.165) is 16.9 Å². The van der Waals surface area contributed by atoms with Gasteiger partial charge in [0.2, 0.25) is 10.0 Å². The van der Waals surface area contributed by atoms with E-state index in [0.29, 0.717) is 19.6 Å². The van der Waals surface area contributed by atoms with Crippen LogP contribution in [0.2, 0.25) is 0 Å². The Balaban J connectivity index is 1.94. The molecule has 1 atom stereocenters. The van der Waals surface area contributed by atoms with Crippen molar-refractivity contribution in [3.8, 4) is 0 Å². The van der Waals surface area contributed by atoms with E-state index < -0.39 is 10.0 Å². The van der Waals surface area contributed by atoms with Crippen molar-refractivity contribution in [2.24, 2.45) is 0 Å². The normalized spacial score (nSPS) is 17.4. The number of benzene rings is 1. The van der Waals surface area contributed by atoms with Crippen LogP contribution in [0.4, 0.5) is 5.69 Å². The molecule has 0 bridgehead atoms. The Labute approximate surface area is 136 Å². The molecule has 2 aromatic rings. The first-order chi connectivity index (χ1) is 11.0. The summed E-state index contributed by atoms with van der Waals surface area (Å²) in [5.74, 6) is 0. The monoisotopic (exact) mass is 332 g/mol. The first kappa shape index (κ1) is 15.9. The fourth-order valence-corrected chi connectivity index (χ4v) is 3.86. The van der Waals surface area contributed by atoms with Crippen molar-refractivity contribution in [3.05, 3.63) is 54.1 Å². The predicted octanol–water partition coefficient (Wildman–Crippen LogP) is 1.82. The molecule has 0 fully saturated rings. The summed E-state index contributed by atoms with van der Waals surface area (Å²) in [6.45, 7) is 3.82. The maximum absolute atomic E-state index is 12.1. The van der Waals surface area contributed by atoms with Crippen LogP contribution < -0.4 is 4.31 Å². The van der Waals surface area contributed by atoms with Gasteiger partial charge in [-0.25, -0.2) is 8.42 Å². The third kappa shape index (κ3) is 3.35. The smallest absolute Gasteiger partial charge is 0.232 e. The van der Waals surface area contributed by atoms with E-state index in [2.05, 4.69) is 21.8 Å². The summed E-state index contributed by atoms with van der Waals surface area (Å²) in [5.41, 5.74) is 2.66. The van der Waals surface area contributed by atoms with Gasteiger partial charge in [-0.3, -0.25) is 19.2 Å². The van der Waals surface area contributed by atoms with Crippen molar-refractivity contribution in [2.45, 2.75) is 19.5 Å². The van der Waals surface area contributed by atoms with Gasteiger partial charge in [0.15, 0.2) is 0 Å². The Bertz CT molecular complexity index is 780. The summed E-state index contributed by atoms with van der Waals surface area (Å²) in [6.07, 6.45) is 6.35. The van der Waals surface area contributed by atoms with E-state index >= 15 is 0 Å². The number of sulfonamides is 1. The number of anilines is 1. The van der Waals surface area contributed by atoms with Crippen LogP contribution in [0, 0.1) is 0 Å². The maximum Gasteiger partial charge on any atom is 0.232 e. The molecule has 0 saturated carbocycles. The molecule has 6 nitrogen and oxygen atoms in total. The molecule has 0 unspecified atom stereocenters. The Hall–Kier alpha value is -1.99. The summed E-state index contributed by atoms with van der Waals surface area (Å²) < 4.78 is 25.8. The van der Waals surface area contributed by atoms with Crippen LogP contribution in [0.3, 0.4) is 0 Å². The summed E-state index contributed by atoms with van der Waals surface area (Å²) in [7, 11) is -3.30. The van der Waals surface area contributed by atoms with E-state index in [9.17, 15) is 8.42 Å². The molecule has 0 aliphatic carbocycles. The SMILES string of the molecule is C[C@@H](c1cnccn1)N1CCN(S(C)(=O)=O)c2ccccc2C1. The second kappa shape index (κ2) is 6.25. The zero-order valence-electron chi connectivity index (χ0n) is 13.3. The molecule has 2 heterocycles. The molecule has 1 aliphatic heterocycles. The first-order valence-corrected chi connectivity index (χ1v) is 9.37. The highest BCUT2D eigenvalue weighted by atomic mass is 32.2. The van der Waals surface area contributed by atoms with Gasteiger partial charge in [0.25, 0.3) is 0 Å². The maximum atomic E-state index is 12.1. The van der Waals surface area contributed by atoms with Crippen LogP contribution in [0.25, 0.3) is 0 Å². The minimum Gasteiger partial charge on any atom is -0.289 e. The fourth-order valence-electron chi connectivity index (χ4n) is 2.91. The zero-order chi connectivity index (χ0) is 16.4. The van der Waals surface area contributed by atoms with E-state index in [1.54, 1.807) is 18.6 Å². The van der Waals surface area contributed by atoms with Crippen molar-refractivity contribution < 1.29 is 8.42 Å². The highest BCUT2D eigenvalue weighted by Crippen LogP contribution is 2.30. The van der Waals surface area contributed by atoms with Crippen molar-refractivity contribution in [1.29, 1.82) is 0 Å². The molecule has 0 saturated heterocycles. The molecule has 1 aliphatic rings. The van der Waals surface area contributed by atoms with Gasteiger partial charge in [0.05, 0.1) is 23.7 Å². The van der Waals surface area contributed by atoms with Gasteiger partial charge in [0, 0.05) is 38.2 Å². The Morgan fingerprint density at radius 1 is 1.17 bits per heavy atom. The number of nitrogens with zero attached hydrogens (tertiary/aromatic N) is 4. The van der Waals surface area contributed by atoms with Crippen LogP contribution in [0.1, 0.15) is 24.2 Å². The minimum absolute atomic E-state index is 0.0660. The standard InChI is InChI=1S/C16H20N4O2S/c1-13(15-11-17-7-8-18-15)19-9-10-20(23(2,21)22)16-6-4-3-5-14(16)12-19/h3-8,11,13H,9-10,12H2,1-2H3/t13-/m0/s1. The van der Waals surface area contributed by atoms with E-state index in [1.807, 2.05) is 24.3 Å². The predicted molar refractivity (Wildman–Crippen MR) is 89.5 cm³/mol. The quantitative estimate of drug-likeness (QED) is 0.858. The molecular weight excluding hydrogens is 312 g/mol. The van der Waals surface area contributed by atoms with E-state index in [-0.39, 0.29) is 6.04 Å². The van der Waals surface area contributed by atoms with Crippen molar-refractivity contribution in [3.63, 3.8) is 0 Å². The van der Waals surface area contributed by atoms with Crippen molar-refractivity contribution >= 4 is 15.7 Å². The molecule has 0 amide bonds. The Kier molecular flexibility index (Phi) is 4.32. The average molecular weight is 332 g/mol. The summed E-state index contributed by atoms with van der Waals surface area (Å²) in [4.78, 5) is 10.7. The summed E-state index contributed by atoms with van der Waals surface area (Å²) >= 11 is 0. The van der Waals surface area contributed by atoms with Gasteiger partial charge in [-0.05, 0) is 18.6 Å². The van der Waals surface area contributed by atoms with E-state index in [4.69, 9.17) is 0 Å². The highest BCUT2D eigenvalue weighted by Gasteiger charge is 2.28. The Morgan fingerprint density at radius 2 is 1.96 bits per heavy atom. The fraction of sp³-hybridized carbons (Fsp3) is 0.375. The van der Waals surface area contributed by atoms with Crippen LogP contribution in [0.15, 0.2) is 42.9 Å². The largest absolute Gasteiger partial charge is 0.289 e. The topological polar surface area (TPSA) is 66.4 Å². The molecule has 122 valence electrons. The van der Waals surface area contributed by atoms with Gasteiger partial charge >= 0.3 is 0 Å². The number of hydrogen-bond donors (Lipinski definition) is 0. The highest BCUT2D eigenvalue weighted by molar-refractivity contribution is 7.92. The van der Waals surface area contributed by atoms with Gasteiger partial charge in [-0.2, -0.15) is 0 Å². The lowest BCUT2D eigenvalue weighted by atomic mass is 10.1. The van der Waals surface area contributed by atoms with Gasteiger partial charge in [-0.1, -0.05) is 18.2 Å². The lowest BCUT2D eigenvalue weighted by Crippen LogP contribution is -2.36. The van der Waals surface area contributed by atoms with Crippen molar-refractivity contribution in [1.82, 2.24) is 14.9 Å².